The molecule has 0 aliphatic rings. The maximum atomic E-state index is 6.25. The molecule has 0 unspecified atom stereocenters. The molecule has 0 aromatic heterocycles. The quantitative estimate of drug-likeness (QED) is 0.462. The van der Waals surface area contributed by atoms with Crippen molar-refractivity contribution in [3.05, 3.63) is 39.4 Å². The second-order valence-corrected chi connectivity index (χ2v) is 0. The van der Waals surface area contributed by atoms with Crippen molar-refractivity contribution in [2.45, 2.75) is 0 Å². The van der Waals surface area contributed by atoms with Crippen LogP contribution >= 0.6 is 0 Å². The van der Waals surface area contributed by atoms with E-state index in [1.807, 2.05) is 0 Å². The van der Waals surface area contributed by atoms with Crippen molar-refractivity contribution in [3.63, 3.8) is 0 Å². The van der Waals surface area contributed by atoms with Crippen LogP contribution in [0.5, 0.6) is 0 Å². The summed E-state index contributed by atoms with van der Waals surface area (Å²) in [5, 5.41) is 37.5. The minimum absolute atomic E-state index is 2.38. The molecule has 74 valence electrons. The van der Waals surface area contributed by atoms with Crippen LogP contribution in [0, 0.1) is 71.0 Å². The van der Waals surface area contributed by atoms with Gasteiger partial charge in [0.25, 0.3) is 0 Å². The Morgan fingerprint density at radius 2 is 0.429 bits per heavy atom. The van der Waals surface area contributed by atoms with E-state index in [0.717, 1.165) is 0 Å². The van der Waals surface area contributed by atoms with E-state index in [2.05, 4.69) is 27.5 Å². The molecular weight excluding hydrogens is 264 g/mol. The van der Waals surface area contributed by atoms with Gasteiger partial charge in [0, 0.05) is 0 Å². The van der Waals surface area contributed by atoms with Gasteiger partial charge in [0.05, 0.1) is 0 Å². The third-order valence-electron chi connectivity index (χ3n) is 0. The Labute approximate surface area is 98.5 Å². The average Bonchev–Trinajstić information content (AvgIpc) is 2.45. The van der Waals surface area contributed by atoms with Crippen molar-refractivity contribution in [2.75, 3.05) is 0 Å². The van der Waals surface area contributed by atoms with Gasteiger partial charge in [-0.25, -0.2) is 0 Å². The van der Waals surface area contributed by atoms with Crippen LogP contribution in [0.1, 0.15) is 0 Å². The summed E-state index contributed by atoms with van der Waals surface area (Å²) in [5.41, 5.74) is 0. The fourth-order valence-electron chi connectivity index (χ4n) is 0. The predicted octanol–water partition coefficient (Wildman–Crippen LogP) is 0.573. The first kappa shape index (κ1) is 58.1. The van der Waals surface area contributed by atoms with Gasteiger partial charge in [-0.1, -0.05) is 0 Å². The molecular formula is C6CrFeN6-6. The second kappa shape index (κ2) is 272. The summed E-state index contributed by atoms with van der Waals surface area (Å²) in [7, 11) is 0. The number of nitrogens with zero attached hydrogens (tertiary/aromatic N) is 6. The Hall–Kier alpha value is -2.01. The summed E-state index contributed by atoms with van der Waals surface area (Å²) in [4.78, 5) is 0. The first-order valence-electron chi connectivity index (χ1n) is 1.49. The van der Waals surface area contributed by atoms with Gasteiger partial charge >= 0.3 is 27.5 Å². The first-order valence-corrected chi connectivity index (χ1v) is 3.80. The Morgan fingerprint density at radius 3 is 0.429 bits per heavy atom. The van der Waals surface area contributed by atoms with Crippen LogP contribution in [0.15, 0.2) is 0 Å². The van der Waals surface area contributed by atoms with E-state index in [9.17, 15) is 0 Å². The molecule has 0 amide bonds. The fraction of sp³-hybridized carbons (Fsp3) is 0. The molecule has 0 rings (SSSR count). The van der Waals surface area contributed by atoms with Crippen LogP contribution in [-0.2, 0) is 27.5 Å². The van der Waals surface area contributed by atoms with Gasteiger partial charge in [0.1, 0.15) is 0 Å². The van der Waals surface area contributed by atoms with E-state index in [1.165, 1.54) is 0 Å². The predicted molar refractivity (Wildman–Crippen MR) is 29.8 cm³/mol. The fourth-order valence-corrected chi connectivity index (χ4v) is 0. The van der Waals surface area contributed by atoms with Gasteiger partial charge in [0.2, 0.25) is 0 Å². The monoisotopic (exact) mass is 264 g/mol. The molecule has 0 fully saturated rings. The van der Waals surface area contributed by atoms with Crippen molar-refractivity contribution in [1.29, 1.82) is 31.6 Å². The van der Waals surface area contributed by atoms with E-state index >= 15 is 0 Å². The Bertz CT molecular complexity index is 109. The molecule has 6 nitrogen and oxygen atoms in total. The third-order valence-corrected chi connectivity index (χ3v) is 0. The Kier molecular flexibility index (Phi) is 1130. The van der Waals surface area contributed by atoms with Gasteiger partial charge in [-0.2, -0.15) is 0 Å². The third kappa shape index (κ3) is 200. The second-order valence-electron chi connectivity index (χ2n) is 0. The van der Waals surface area contributed by atoms with Gasteiger partial charge in [-0.3, -0.25) is 0 Å². The van der Waals surface area contributed by atoms with E-state index in [4.69, 9.17) is 71.0 Å². The molecule has 0 radical (unpaired) electrons. The zero-order valence-electron chi connectivity index (χ0n) is 6.45. The van der Waals surface area contributed by atoms with Crippen molar-refractivity contribution in [3.8, 4) is 0 Å². The summed E-state index contributed by atoms with van der Waals surface area (Å²) < 4.78 is 0. The molecule has 0 aromatic rings. The van der Waals surface area contributed by atoms with Gasteiger partial charge in [-0.05, 0) is 0 Å². The van der Waals surface area contributed by atoms with E-state index in [-0.39, 0.29) is 0 Å². The zero-order valence-corrected chi connectivity index (χ0v) is 8.82. The molecule has 0 saturated carbocycles. The van der Waals surface area contributed by atoms with E-state index in [1.54, 1.807) is 0 Å². The van der Waals surface area contributed by atoms with Crippen LogP contribution in [0.25, 0.3) is 0 Å². The molecule has 0 bridgehead atoms. The van der Waals surface area contributed by atoms with E-state index in [0.29, 0.717) is 0 Å². The topological polar surface area (TPSA) is 143 Å². The summed E-state index contributed by atoms with van der Waals surface area (Å²) in [6.45, 7) is 28.5. The van der Waals surface area contributed by atoms with Crippen LogP contribution in [0.4, 0.5) is 0 Å². The number of hydrogen-bond acceptors (Lipinski definition) is 6. The van der Waals surface area contributed by atoms with Gasteiger partial charge in [0.15, 0.2) is 0 Å². The van der Waals surface area contributed by atoms with Gasteiger partial charge < -0.3 is 71.0 Å². The van der Waals surface area contributed by atoms with Crippen molar-refractivity contribution >= 4 is 0 Å². The summed E-state index contributed by atoms with van der Waals surface area (Å²) in [5.74, 6) is 0. The molecule has 0 heterocycles. The molecule has 0 spiro atoms. The zero-order chi connectivity index (χ0) is 14.0. The molecule has 0 atom stereocenters. The Balaban J connectivity index is -0.00000000817. The first-order chi connectivity index (χ1) is 7.00. The van der Waals surface area contributed by atoms with Crippen LogP contribution in [-0.4, -0.2) is 0 Å². The molecule has 0 aliphatic carbocycles. The average molecular weight is 264 g/mol. The van der Waals surface area contributed by atoms with Crippen molar-refractivity contribution in [1.82, 2.24) is 0 Å². The summed E-state index contributed by atoms with van der Waals surface area (Å²) in [6.07, 6.45) is 0. The van der Waals surface area contributed by atoms with Crippen LogP contribution < -0.4 is 0 Å². The molecule has 14 heavy (non-hydrogen) atoms. The number of rotatable bonds is 0. The summed E-state index contributed by atoms with van der Waals surface area (Å²) >= 11 is 5.50. The number of hydrogen-bond donors (Lipinski definition) is 0. The van der Waals surface area contributed by atoms with Crippen LogP contribution in [0.2, 0.25) is 0 Å². The molecule has 0 aromatic carbocycles. The van der Waals surface area contributed by atoms with Crippen molar-refractivity contribution in [2.24, 2.45) is 0 Å². The SMILES string of the molecule is [C-]#N.[C-]#N.[C-]#N.[C-]#N.[C-]#N.[C-]#N.[Cr]=[Fe]. The minimum atomic E-state index is 2.38. The van der Waals surface area contributed by atoms with Crippen LogP contribution in [0.3, 0.4) is 0 Å². The molecule has 8 heteroatoms. The maximum absolute atomic E-state index is 6.25. The van der Waals surface area contributed by atoms with Gasteiger partial charge in [-0.15, -0.1) is 0 Å². The van der Waals surface area contributed by atoms with E-state index < -0.39 is 0 Å². The summed E-state index contributed by atoms with van der Waals surface area (Å²) in [6, 6.07) is 0. The Morgan fingerprint density at radius 1 is 0.429 bits per heavy atom. The van der Waals surface area contributed by atoms with Crippen molar-refractivity contribution < 1.29 is 27.5 Å². The molecule has 0 saturated heterocycles. The standard InChI is InChI=1S/6CN.Cr.Fe/c6*1-2;;/q6*-1;;. The molecule has 0 aliphatic heterocycles. The molecule has 0 N–H and O–H groups in total. The normalized spacial score (nSPS) is 1.21.